The van der Waals surface area contributed by atoms with Crippen molar-refractivity contribution >= 4 is 5.91 Å². The maximum Gasteiger partial charge on any atom is 0.240 e. The second kappa shape index (κ2) is 7.26. The molecule has 0 radical (unpaired) electrons. The zero-order chi connectivity index (χ0) is 17.3. The van der Waals surface area contributed by atoms with Crippen molar-refractivity contribution in [2.75, 3.05) is 13.6 Å². The first kappa shape index (κ1) is 17.5. The molecule has 1 saturated carbocycles. The van der Waals surface area contributed by atoms with Crippen molar-refractivity contribution in [3.63, 3.8) is 0 Å². The standard InChI is InChI=1S/C19H31N3O2/c1-13(2)18-20-16-12-22(11-10-17(16)24-18)19(23)14(3)21(4)15-8-6-5-7-9-15/h13-15H,5-12H2,1-4H3. The summed E-state index contributed by atoms with van der Waals surface area (Å²) in [5, 5.41) is 0. The number of amides is 1. The minimum absolute atomic E-state index is 0.0638. The van der Waals surface area contributed by atoms with E-state index in [9.17, 15) is 4.79 Å². The topological polar surface area (TPSA) is 49.6 Å². The summed E-state index contributed by atoms with van der Waals surface area (Å²) in [6, 6.07) is 0.490. The van der Waals surface area contributed by atoms with Crippen molar-refractivity contribution in [3.8, 4) is 0 Å². The summed E-state index contributed by atoms with van der Waals surface area (Å²) in [5.74, 6) is 2.27. The molecule has 0 aromatic carbocycles. The minimum Gasteiger partial charge on any atom is -0.445 e. The molecule has 1 atom stereocenters. The molecule has 1 aromatic heterocycles. The molecule has 2 aliphatic rings. The smallest absolute Gasteiger partial charge is 0.240 e. The third kappa shape index (κ3) is 3.51. The fourth-order valence-electron chi connectivity index (χ4n) is 3.90. The van der Waals surface area contributed by atoms with E-state index in [4.69, 9.17) is 4.42 Å². The Bertz CT molecular complexity index is 575. The van der Waals surface area contributed by atoms with Crippen LogP contribution in [0, 0.1) is 0 Å². The van der Waals surface area contributed by atoms with Crippen LogP contribution in [0.3, 0.4) is 0 Å². The molecule has 1 aliphatic carbocycles. The number of oxazole rings is 1. The fourth-order valence-corrected chi connectivity index (χ4v) is 3.90. The summed E-state index contributed by atoms with van der Waals surface area (Å²) >= 11 is 0. The van der Waals surface area contributed by atoms with E-state index in [1.807, 2.05) is 4.90 Å². The molecule has 0 bridgehead atoms. The van der Waals surface area contributed by atoms with E-state index in [1.54, 1.807) is 0 Å². The molecular weight excluding hydrogens is 302 g/mol. The summed E-state index contributed by atoms with van der Waals surface area (Å²) in [7, 11) is 2.11. The normalized spacial score (nSPS) is 20.5. The molecular formula is C19H31N3O2. The lowest BCUT2D eigenvalue weighted by Crippen LogP contribution is -2.50. The SMILES string of the molecule is CC(C)c1nc2c(o1)CCN(C(=O)C(C)N(C)C1CCCCC1)C2. The molecule has 1 unspecified atom stereocenters. The summed E-state index contributed by atoms with van der Waals surface area (Å²) in [6.07, 6.45) is 7.14. The van der Waals surface area contributed by atoms with Gasteiger partial charge in [-0.1, -0.05) is 33.1 Å². The minimum atomic E-state index is -0.0638. The van der Waals surface area contributed by atoms with Crippen LogP contribution in [0.15, 0.2) is 4.42 Å². The zero-order valence-electron chi connectivity index (χ0n) is 15.5. The monoisotopic (exact) mass is 333 g/mol. The van der Waals surface area contributed by atoms with E-state index in [0.717, 1.165) is 30.3 Å². The number of nitrogens with zero attached hydrogens (tertiary/aromatic N) is 3. The van der Waals surface area contributed by atoms with Crippen LogP contribution in [0.4, 0.5) is 0 Å². The van der Waals surface area contributed by atoms with Crippen molar-refractivity contribution in [2.45, 2.75) is 83.8 Å². The van der Waals surface area contributed by atoms with Gasteiger partial charge in [0.25, 0.3) is 0 Å². The zero-order valence-corrected chi connectivity index (χ0v) is 15.5. The van der Waals surface area contributed by atoms with E-state index in [-0.39, 0.29) is 17.9 Å². The van der Waals surface area contributed by atoms with E-state index in [1.165, 1.54) is 32.1 Å². The summed E-state index contributed by atoms with van der Waals surface area (Å²) in [5.41, 5.74) is 0.950. The van der Waals surface area contributed by atoms with E-state index < -0.39 is 0 Å². The van der Waals surface area contributed by atoms with Gasteiger partial charge in [0, 0.05) is 24.9 Å². The highest BCUT2D eigenvalue weighted by Gasteiger charge is 2.32. The molecule has 3 rings (SSSR count). The third-order valence-electron chi connectivity index (χ3n) is 5.67. The van der Waals surface area contributed by atoms with E-state index >= 15 is 0 Å². The number of likely N-dealkylation sites (N-methyl/N-ethyl adjacent to an activating group) is 1. The Labute approximate surface area is 145 Å². The quantitative estimate of drug-likeness (QED) is 0.848. The van der Waals surface area contributed by atoms with E-state index in [2.05, 4.69) is 37.7 Å². The van der Waals surface area contributed by atoms with Crippen molar-refractivity contribution in [1.29, 1.82) is 0 Å². The van der Waals surface area contributed by atoms with Crippen molar-refractivity contribution in [1.82, 2.24) is 14.8 Å². The van der Waals surface area contributed by atoms with Crippen LogP contribution in [0.25, 0.3) is 0 Å². The van der Waals surface area contributed by atoms with Crippen LogP contribution in [0.5, 0.6) is 0 Å². The van der Waals surface area contributed by atoms with Crippen molar-refractivity contribution < 1.29 is 9.21 Å². The van der Waals surface area contributed by atoms with Gasteiger partial charge in [-0.25, -0.2) is 4.98 Å². The second-order valence-electron chi connectivity index (χ2n) is 7.72. The van der Waals surface area contributed by atoms with Gasteiger partial charge >= 0.3 is 0 Å². The van der Waals surface area contributed by atoms with Crippen molar-refractivity contribution in [2.24, 2.45) is 0 Å². The number of rotatable bonds is 4. The number of fused-ring (bicyclic) bond motifs is 1. The molecule has 5 nitrogen and oxygen atoms in total. The van der Waals surface area contributed by atoms with Gasteiger partial charge in [-0.3, -0.25) is 9.69 Å². The van der Waals surface area contributed by atoms with Gasteiger partial charge in [0.05, 0.1) is 12.6 Å². The Hall–Kier alpha value is -1.36. The Morgan fingerprint density at radius 2 is 1.96 bits per heavy atom. The average molecular weight is 333 g/mol. The van der Waals surface area contributed by atoms with Gasteiger partial charge in [-0.2, -0.15) is 0 Å². The lowest BCUT2D eigenvalue weighted by atomic mass is 9.93. The highest BCUT2D eigenvalue weighted by molar-refractivity contribution is 5.81. The van der Waals surface area contributed by atoms with Crippen LogP contribution in [-0.2, 0) is 17.8 Å². The van der Waals surface area contributed by atoms with Gasteiger partial charge in [-0.05, 0) is 26.8 Å². The predicted octanol–water partition coefficient (Wildman–Crippen LogP) is 3.34. The number of aromatic nitrogens is 1. The highest BCUT2D eigenvalue weighted by atomic mass is 16.4. The maximum atomic E-state index is 13.0. The van der Waals surface area contributed by atoms with Gasteiger partial charge < -0.3 is 9.32 Å². The van der Waals surface area contributed by atoms with Crippen LogP contribution >= 0.6 is 0 Å². The highest BCUT2D eigenvalue weighted by Crippen LogP contribution is 2.26. The number of hydrogen-bond donors (Lipinski definition) is 0. The molecule has 24 heavy (non-hydrogen) atoms. The first-order chi connectivity index (χ1) is 11.5. The molecule has 0 spiro atoms. The summed E-state index contributed by atoms with van der Waals surface area (Å²) < 4.78 is 5.84. The number of carbonyl (C=O) groups is 1. The largest absolute Gasteiger partial charge is 0.445 e. The fraction of sp³-hybridized carbons (Fsp3) is 0.789. The van der Waals surface area contributed by atoms with Crippen LogP contribution in [0.2, 0.25) is 0 Å². The second-order valence-corrected chi connectivity index (χ2v) is 7.72. The lowest BCUT2D eigenvalue weighted by molar-refractivity contribution is -0.138. The van der Waals surface area contributed by atoms with E-state index in [0.29, 0.717) is 12.6 Å². The molecule has 0 N–H and O–H groups in total. The molecule has 1 aliphatic heterocycles. The Balaban J connectivity index is 1.64. The van der Waals surface area contributed by atoms with Gasteiger partial charge in [0.1, 0.15) is 11.5 Å². The molecule has 2 heterocycles. The lowest BCUT2D eigenvalue weighted by Gasteiger charge is -2.37. The van der Waals surface area contributed by atoms with Gasteiger partial charge in [0.15, 0.2) is 5.89 Å². The Morgan fingerprint density at radius 1 is 1.25 bits per heavy atom. The number of carbonyl (C=O) groups excluding carboxylic acids is 1. The number of hydrogen-bond acceptors (Lipinski definition) is 4. The third-order valence-corrected chi connectivity index (χ3v) is 5.67. The van der Waals surface area contributed by atoms with Crippen LogP contribution < -0.4 is 0 Å². The van der Waals surface area contributed by atoms with Crippen molar-refractivity contribution in [3.05, 3.63) is 17.3 Å². The Morgan fingerprint density at radius 3 is 2.62 bits per heavy atom. The summed E-state index contributed by atoms with van der Waals surface area (Å²) in [4.78, 5) is 21.8. The molecule has 1 fully saturated rings. The van der Waals surface area contributed by atoms with Gasteiger partial charge in [-0.15, -0.1) is 0 Å². The first-order valence-corrected chi connectivity index (χ1v) is 9.46. The summed E-state index contributed by atoms with van der Waals surface area (Å²) in [6.45, 7) is 7.55. The first-order valence-electron chi connectivity index (χ1n) is 9.46. The van der Waals surface area contributed by atoms with Crippen LogP contribution in [-0.4, -0.2) is 46.4 Å². The molecule has 1 aromatic rings. The molecule has 5 heteroatoms. The molecule has 0 saturated heterocycles. The van der Waals surface area contributed by atoms with Gasteiger partial charge in [0.2, 0.25) is 5.91 Å². The Kier molecular flexibility index (Phi) is 5.28. The molecule has 1 amide bonds. The average Bonchev–Trinajstić information content (AvgIpc) is 3.04. The predicted molar refractivity (Wildman–Crippen MR) is 93.8 cm³/mol. The van der Waals surface area contributed by atoms with Crippen LogP contribution in [0.1, 0.15) is 76.1 Å². The molecule has 134 valence electrons. The maximum absolute atomic E-state index is 13.0.